The number of benzene rings is 1. The van der Waals surface area contributed by atoms with E-state index < -0.39 is 12.7 Å². The topological polar surface area (TPSA) is 49.7 Å². The van der Waals surface area contributed by atoms with Crippen LogP contribution in [0.2, 0.25) is 0 Å². The maximum atomic E-state index is 11.9. The number of hydrogen-bond acceptors (Lipinski definition) is 3. The first-order chi connectivity index (χ1) is 7.54. The van der Waals surface area contributed by atoms with E-state index >= 15 is 0 Å². The standard InChI is InChI=1S/C11H14F2O3/c1-7(6-14)10(15)8-2-4-9(5-3-8)16-11(12)13/h2-5,7,10-11,14-15H,6H2,1H3/t7-,10+/m1/s1. The Labute approximate surface area is 92.3 Å². The van der Waals surface area contributed by atoms with Crippen molar-refractivity contribution in [3.8, 4) is 5.75 Å². The summed E-state index contributed by atoms with van der Waals surface area (Å²) in [6.45, 7) is -1.31. The second-order valence-electron chi connectivity index (χ2n) is 3.55. The summed E-state index contributed by atoms with van der Waals surface area (Å²) in [5.41, 5.74) is 0.558. The van der Waals surface area contributed by atoms with Crippen molar-refractivity contribution < 1.29 is 23.7 Å². The minimum absolute atomic E-state index is 0.0441. The lowest BCUT2D eigenvalue weighted by atomic mass is 9.98. The lowest BCUT2D eigenvalue weighted by molar-refractivity contribution is -0.0498. The molecule has 0 fully saturated rings. The Morgan fingerprint density at radius 1 is 1.25 bits per heavy atom. The molecule has 0 saturated carbocycles. The maximum Gasteiger partial charge on any atom is 0.387 e. The van der Waals surface area contributed by atoms with Crippen molar-refractivity contribution in [2.24, 2.45) is 5.92 Å². The summed E-state index contributed by atoms with van der Waals surface area (Å²) in [5.74, 6) is -0.260. The van der Waals surface area contributed by atoms with E-state index in [4.69, 9.17) is 5.11 Å². The monoisotopic (exact) mass is 232 g/mol. The summed E-state index contributed by atoms with van der Waals surface area (Å²) in [4.78, 5) is 0. The molecule has 2 N–H and O–H groups in total. The molecule has 0 heterocycles. The zero-order valence-corrected chi connectivity index (χ0v) is 8.81. The first-order valence-electron chi connectivity index (χ1n) is 4.88. The molecule has 0 amide bonds. The maximum absolute atomic E-state index is 11.9. The second-order valence-corrected chi connectivity index (χ2v) is 3.55. The fraction of sp³-hybridized carbons (Fsp3) is 0.455. The van der Waals surface area contributed by atoms with Crippen LogP contribution >= 0.6 is 0 Å². The van der Waals surface area contributed by atoms with Gasteiger partial charge in [0.15, 0.2) is 0 Å². The Morgan fingerprint density at radius 3 is 2.25 bits per heavy atom. The first-order valence-corrected chi connectivity index (χ1v) is 4.88. The van der Waals surface area contributed by atoms with Gasteiger partial charge in [-0.25, -0.2) is 0 Å². The number of rotatable bonds is 5. The summed E-state index contributed by atoms with van der Waals surface area (Å²) in [6.07, 6.45) is -0.814. The van der Waals surface area contributed by atoms with Crippen LogP contribution in [-0.4, -0.2) is 23.4 Å². The molecule has 0 aromatic heterocycles. The minimum Gasteiger partial charge on any atom is -0.435 e. The molecule has 1 aromatic carbocycles. The van der Waals surface area contributed by atoms with E-state index in [1.54, 1.807) is 6.92 Å². The molecule has 5 heteroatoms. The van der Waals surface area contributed by atoms with Gasteiger partial charge in [-0.05, 0) is 17.7 Å². The van der Waals surface area contributed by atoms with E-state index in [-0.39, 0.29) is 18.3 Å². The van der Waals surface area contributed by atoms with Gasteiger partial charge >= 0.3 is 6.61 Å². The lowest BCUT2D eigenvalue weighted by Gasteiger charge is -2.17. The number of hydrogen-bond donors (Lipinski definition) is 2. The molecule has 0 unspecified atom stereocenters. The van der Waals surface area contributed by atoms with Crippen molar-refractivity contribution in [2.45, 2.75) is 19.6 Å². The smallest absolute Gasteiger partial charge is 0.387 e. The van der Waals surface area contributed by atoms with Crippen LogP contribution in [0.5, 0.6) is 5.75 Å². The predicted octanol–water partition coefficient (Wildman–Crippen LogP) is 1.95. The van der Waals surface area contributed by atoms with Crippen molar-refractivity contribution in [3.63, 3.8) is 0 Å². The molecule has 3 nitrogen and oxygen atoms in total. The van der Waals surface area contributed by atoms with E-state index in [0.717, 1.165) is 0 Å². The van der Waals surface area contributed by atoms with Gasteiger partial charge in [-0.3, -0.25) is 0 Å². The van der Waals surface area contributed by atoms with Gasteiger partial charge in [-0.15, -0.1) is 0 Å². The number of halogens is 2. The zero-order chi connectivity index (χ0) is 12.1. The van der Waals surface area contributed by atoms with E-state index in [1.165, 1.54) is 24.3 Å². The fourth-order valence-corrected chi connectivity index (χ4v) is 1.27. The Bertz CT molecular complexity index is 314. The molecule has 0 aliphatic carbocycles. The summed E-state index contributed by atoms with van der Waals surface area (Å²) in [5, 5.41) is 18.6. The molecule has 90 valence electrons. The average molecular weight is 232 g/mol. The quantitative estimate of drug-likeness (QED) is 0.815. The van der Waals surface area contributed by atoms with Crippen molar-refractivity contribution in [2.75, 3.05) is 6.61 Å². The van der Waals surface area contributed by atoms with Crippen LogP contribution in [0.1, 0.15) is 18.6 Å². The van der Waals surface area contributed by atoms with Gasteiger partial charge in [0.1, 0.15) is 5.75 Å². The molecule has 0 aliphatic heterocycles. The minimum atomic E-state index is -2.85. The highest BCUT2D eigenvalue weighted by atomic mass is 19.3. The van der Waals surface area contributed by atoms with Crippen molar-refractivity contribution in [1.29, 1.82) is 0 Å². The molecule has 0 radical (unpaired) electrons. The van der Waals surface area contributed by atoms with Crippen LogP contribution in [0.4, 0.5) is 8.78 Å². The van der Waals surface area contributed by atoms with Crippen LogP contribution in [0, 0.1) is 5.92 Å². The summed E-state index contributed by atoms with van der Waals surface area (Å²) >= 11 is 0. The van der Waals surface area contributed by atoms with E-state index in [9.17, 15) is 13.9 Å². The summed E-state index contributed by atoms with van der Waals surface area (Å²) in [7, 11) is 0. The Hall–Kier alpha value is -1.20. The van der Waals surface area contributed by atoms with E-state index in [1.807, 2.05) is 0 Å². The van der Waals surface area contributed by atoms with Crippen LogP contribution in [0.25, 0.3) is 0 Å². The van der Waals surface area contributed by atoms with Gasteiger partial charge in [0.05, 0.1) is 6.10 Å². The van der Waals surface area contributed by atoms with Gasteiger partial charge < -0.3 is 14.9 Å². The highest BCUT2D eigenvalue weighted by Crippen LogP contribution is 2.24. The van der Waals surface area contributed by atoms with Crippen LogP contribution in [-0.2, 0) is 0 Å². The third kappa shape index (κ3) is 3.43. The largest absolute Gasteiger partial charge is 0.435 e. The second kappa shape index (κ2) is 5.77. The number of alkyl halides is 2. The third-order valence-electron chi connectivity index (χ3n) is 2.27. The van der Waals surface area contributed by atoms with E-state index in [0.29, 0.717) is 5.56 Å². The van der Waals surface area contributed by atoms with Gasteiger partial charge in [0.25, 0.3) is 0 Å². The Morgan fingerprint density at radius 2 is 1.81 bits per heavy atom. The third-order valence-corrected chi connectivity index (χ3v) is 2.27. The normalized spacial score (nSPS) is 14.9. The molecular formula is C11H14F2O3. The molecule has 0 bridgehead atoms. The van der Waals surface area contributed by atoms with Gasteiger partial charge in [0.2, 0.25) is 0 Å². The Kier molecular flexibility index (Phi) is 4.64. The molecular weight excluding hydrogens is 218 g/mol. The SMILES string of the molecule is C[C@H](CO)[C@H](O)c1ccc(OC(F)F)cc1. The zero-order valence-electron chi connectivity index (χ0n) is 8.81. The van der Waals surface area contributed by atoms with Crippen LogP contribution in [0.3, 0.4) is 0 Å². The highest BCUT2D eigenvalue weighted by Gasteiger charge is 2.15. The van der Waals surface area contributed by atoms with Crippen LogP contribution < -0.4 is 4.74 Å². The molecule has 1 rings (SSSR count). The number of aliphatic hydroxyl groups is 2. The predicted molar refractivity (Wildman–Crippen MR) is 54.3 cm³/mol. The van der Waals surface area contributed by atoms with E-state index in [2.05, 4.69) is 4.74 Å². The molecule has 1 aromatic rings. The van der Waals surface area contributed by atoms with Crippen molar-refractivity contribution in [3.05, 3.63) is 29.8 Å². The summed E-state index contributed by atoms with van der Waals surface area (Å²) < 4.78 is 27.9. The highest BCUT2D eigenvalue weighted by molar-refractivity contribution is 5.28. The van der Waals surface area contributed by atoms with Gasteiger partial charge in [-0.2, -0.15) is 8.78 Å². The lowest BCUT2D eigenvalue weighted by Crippen LogP contribution is -2.12. The molecule has 0 saturated heterocycles. The van der Waals surface area contributed by atoms with Crippen molar-refractivity contribution >= 4 is 0 Å². The molecule has 0 aliphatic rings. The van der Waals surface area contributed by atoms with Gasteiger partial charge in [0, 0.05) is 12.5 Å². The molecule has 16 heavy (non-hydrogen) atoms. The van der Waals surface area contributed by atoms with Gasteiger partial charge in [-0.1, -0.05) is 19.1 Å². The number of aliphatic hydroxyl groups excluding tert-OH is 2. The molecule has 0 spiro atoms. The molecule has 2 atom stereocenters. The number of ether oxygens (including phenoxy) is 1. The van der Waals surface area contributed by atoms with Crippen molar-refractivity contribution in [1.82, 2.24) is 0 Å². The Balaban J connectivity index is 2.70. The first kappa shape index (κ1) is 12.9. The fourth-order valence-electron chi connectivity index (χ4n) is 1.27. The van der Waals surface area contributed by atoms with Crippen LogP contribution in [0.15, 0.2) is 24.3 Å². The summed E-state index contributed by atoms with van der Waals surface area (Å²) in [6, 6.07) is 5.70. The average Bonchev–Trinajstić information content (AvgIpc) is 2.27.